The van der Waals surface area contributed by atoms with Crippen molar-refractivity contribution in [1.29, 1.82) is 0 Å². The minimum Gasteiger partial charge on any atom is -0.508 e. The van der Waals surface area contributed by atoms with Gasteiger partial charge in [-0.1, -0.05) is 41.9 Å². The van der Waals surface area contributed by atoms with Crippen molar-refractivity contribution in [3.8, 4) is 5.75 Å². The van der Waals surface area contributed by atoms with Crippen LogP contribution in [0.2, 0.25) is 5.02 Å². The van der Waals surface area contributed by atoms with E-state index in [-0.39, 0.29) is 23.8 Å². The fraction of sp³-hybridized carbons (Fsp3) is 0.107. The van der Waals surface area contributed by atoms with Crippen LogP contribution in [0.3, 0.4) is 0 Å². The van der Waals surface area contributed by atoms with Crippen LogP contribution in [-0.4, -0.2) is 25.8 Å². The summed E-state index contributed by atoms with van der Waals surface area (Å²) in [7, 11) is 0. The van der Waals surface area contributed by atoms with E-state index in [0.717, 1.165) is 27.6 Å². The minimum atomic E-state index is -0.220. The summed E-state index contributed by atoms with van der Waals surface area (Å²) in [6.07, 6.45) is 2.18. The molecule has 0 unspecified atom stereocenters. The first kappa shape index (κ1) is 23.4. The number of hydrogen-bond donors (Lipinski definition) is 3. The van der Waals surface area contributed by atoms with Crippen LogP contribution in [0.1, 0.15) is 32.7 Å². The number of benzene rings is 3. The number of halogens is 1. The standard InChI is InChI=1S/C28H23ClN4O3/c29-22-9-10-24-23(15-22)25(32-31-24)16-30-28(36)21-5-3-4-18(13-21)12-20-8-7-19(14-26(20)34)17-33-11-2-1-6-27(33)35/h1-11,13-15,34H,12,16-17H2,(H,30,36)(H,31,32). The molecule has 2 heterocycles. The van der Waals surface area contributed by atoms with Gasteiger partial charge in [0, 0.05) is 34.7 Å². The Balaban J connectivity index is 1.26. The number of phenols is 1. The van der Waals surface area contributed by atoms with E-state index in [4.69, 9.17) is 11.6 Å². The van der Waals surface area contributed by atoms with Gasteiger partial charge >= 0.3 is 0 Å². The van der Waals surface area contributed by atoms with Crippen LogP contribution in [0.15, 0.2) is 89.9 Å². The van der Waals surface area contributed by atoms with Crippen molar-refractivity contribution in [2.24, 2.45) is 0 Å². The number of carbonyl (C=O) groups excluding carboxylic acids is 1. The minimum absolute atomic E-state index is 0.0968. The Morgan fingerprint density at radius 2 is 1.89 bits per heavy atom. The number of fused-ring (bicyclic) bond motifs is 1. The van der Waals surface area contributed by atoms with Crippen molar-refractivity contribution < 1.29 is 9.90 Å². The first-order valence-corrected chi connectivity index (χ1v) is 11.8. The number of hydrogen-bond acceptors (Lipinski definition) is 4. The van der Waals surface area contributed by atoms with Crippen molar-refractivity contribution in [3.05, 3.63) is 128 Å². The van der Waals surface area contributed by atoms with Gasteiger partial charge < -0.3 is 15.0 Å². The maximum absolute atomic E-state index is 12.8. The highest BCUT2D eigenvalue weighted by molar-refractivity contribution is 6.31. The molecular weight excluding hydrogens is 476 g/mol. The molecule has 3 aromatic carbocycles. The van der Waals surface area contributed by atoms with Crippen LogP contribution >= 0.6 is 11.6 Å². The van der Waals surface area contributed by atoms with E-state index in [1.807, 2.05) is 42.5 Å². The molecule has 5 aromatic rings. The molecular formula is C28H23ClN4O3. The number of pyridine rings is 1. The third-order valence-electron chi connectivity index (χ3n) is 6.01. The SMILES string of the molecule is O=C(NCc1n[nH]c2ccc(Cl)cc12)c1cccc(Cc2ccc(Cn3ccccc3=O)cc2O)c1. The number of aromatic amines is 1. The van der Waals surface area contributed by atoms with Gasteiger partial charge in [0.15, 0.2) is 0 Å². The number of rotatable bonds is 7. The molecule has 36 heavy (non-hydrogen) atoms. The Morgan fingerprint density at radius 1 is 1.00 bits per heavy atom. The van der Waals surface area contributed by atoms with Crippen molar-refractivity contribution in [2.45, 2.75) is 19.5 Å². The van der Waals surface area contributed by atoms with Gasteiger partial charge in [0.1, 0.15) is 5.75 Å². The number of phenolic OH excluding ortho intramolecular Hbond substituents is 1. The molecule has 3 N–H and O–H groups in total. The van der Waals surface area contributed by atoms with Gasteiger partial charge in [-0.3, -0.25) is 14.7 Å². The molecule has 180 valence electrons. The van der Waals surface area contributed by atoms with E-state index in [2.05, 4.69) is 15.5 Å². The third-order valence-corrected chi connectivity index (χ3v) is 6.24. The predicted octanol–water partition coefficient (Wildman–Crippen LogP) is 4.65. The second-order valence-corrected chi connectivity index (χ2v) is 8.99. The normalized spacial score (nSPS) is 11.0. The second-order valence-electron chi connectivity index (χ2n) is 8.55. The number of carbonyl (C=O) groups is 1. The molecule has 0 saturated heterocycles. The maximum Gasteiger partial charge on any atom is 0.251 e. The number of aromatic nitrogens is 3. The summed E-state index contributed by atoms with van der Waals surface area (Å²) < 4.78 is 1.58. The van der Waals surface area contributed by atoms with Gasteiger partial charge in [0.25, 0.3) is 11.5 Å². The molecule has 0 aliphatic rings. The van der Waals surface area contributed by atoms with E-state index in [1.54, 1.807) is 41.1 Å². The molecule has 8 heteroatoms. The van der Waals surface area contributed by atoms with Crippen LogP contribution in [0.4, 0.5) is 0 Å². The van der Waals surface area contributed by atoms with Gasteiger partial charge in [-0.15, -0.1) is 0 Å². The fourth-order valence-corrected chi connectivity index (χ4v) is 4.30. The summed E-state index contributed by atoms with van der Waals surface area (Å²) in [5.74, 6) is -0.0710. The first-order valence-electron chi connectivity index (χ1n) is 11.4. The summed E-state index contributed by atoms with van der Waals surface area (Å²) in [6.45, 7) is 0.636. The van der Waals surface area contributed by atoms with Gasteiger partial charge in [-0.25, -0.2) is 0 Å². The van der Waals surface area contributed by atoms with E-state index in [1.165, 1.54) is 6.07 Å². The lowest BCUT2D eigenvalue weighted by Crippen LogP contribution is -2.23. The average molecular weight is 499 g/mol. The van der Waals surface area contributed by atoms with Gasteiger partial charge in [-0.05, 0) is 59.2 Å². The molecule has 5 rings (SSSR count). The van der Waals surface area contributed by atoms with Crippen LogP contribution in [0.25, 0.3) is 10.9 Å². The largest absolute Gasteiger partial charge is 0.508 e. The summed E-state index contributed by atoms with van der Waals surface area (Å²) in [5.41, 5.74) is 4.43. The lowest BCUT2D eigenvalue weighted by molar-refractivity contribution is 0.0950. The lowest BCUT2D eigenvalue weighted by atomic mass is 10.0. The zero-order valence-electron chi connectivity index (χ0n) is 19.2. The Labute approximate surface area is 212 Å². The number of H-pyrrole nitrogens is 1. The monoisotopic (exact) mass is 498 g/mol. The predicted molar refractivity (Wildman–Crippen MR) is 139 cm³/mol. The van der Waals surface area contributed by atoms with Crippen LogP contribution in [0, 0.1) is 0 Å². The molecule has 2 aromatic heterocycles. The highest BCUT2D eigenvalue weighted by Crippen LogP contribution is 2.23. The first-order chi connectivity index (χ1) is 17.5. The number of aromatic hydroxyl groups is 1. The topological polar surface area (TPSA) is 100 Å². The second kappa shape index (κ2) is 10.1. The summed E-state index contributed by atoms with van der Waals surface area (Å²) in [5, 5.41) is 22.2. The Bertz CT molecular complexity index is 1620. The van der Waals surface area contributed by atoms with Gasteiger partial charge in [0.2, 0.25) is 0 Å². The van der Waals surface area contributed by atoms with Crippen LogP contribution < -0.4 is 10.9 Å². The van der Waals surface area contributed by atoms with Gasteiger partial charge in [0.05, 0.1) is 24.3 Å². The highest BCUT2D eigenvalue weighted by atomic mass is 35.5. The van der Waals surface area contributed by atoms with Gasteiger partial charge in [-0.2, -0.15) is 5.10 Å². The molecule has 0 radical (unpaired) electrons. The number of amides is 1. The molecule has 0 aliphatic heterocycles. The molecule has 0 fully saturated rings. The zero-order valence-corrected chi connectivity index (χ0v) is 20.0. The Morgan fingerprint density at radius 3 is 2.72 bits per heavy atom. The van der Waals surface area contributed by atoms with Crippen molar-refractivity contribution in [3.63, 3.8) is 0 Å². The van der Waals surface area contributed by atoms with E-state index in [0.29, 0.717) is 29.2 Å². The van der Waals surface area contributed by atoms with Crippen LogP contribution in [0.5, 0.6) is 5.75 Å². The molecule has 0 spiro atoms. The molecule has 0 aliphatic carbocycles. The van der Waals surface area contributed by atoms with Crippen molar-refractivity contribution >= 4 is 28.4 Å². The maximum atomic E-state index is 12.8. The summed E-state index contributed by atoms with van der Waals surface area (Å²) in [4.78, 5) is 24.8. The van der Waals surface area contributed by atoms with E-state index in [9.17, 15) is 14.7 Å². The quantitative estimate of drug-likeness (QED) is 0.304. The Hall–Kier alpha value is -4.36. The summed E-state index contributed by atoms with van der Waals surface area (Å²) >= 11 is 6.09. The zero-order chi connectivity index (χ0) is 25.1. The van der Waals surface area contributed by atoms with E-state index < -0.39 is 0 Å². The average Bonchev–Trinajstić information content (AvgIpc) is 3.28. The molecule has 1 amide bonds. The van der Waals surface area contributed by atoms with E-state index >= 15 is 0 Å². The Kier molecular flexibility index (Phi) is 6.56. The highest BCUT2D eigenvalue weighted by Gasteiger charge is 2.11. The molecule has 7 nitrogen and oxygen atoms in total. The molecule has 0 saturated carbocycles. The smallest absolute Gasteiger partial charge is 0.251 e. The molecule has 0 atom stereocenters. The lowest BCUT2D eigenvalue weighted by Gasteiger charge is -2.10. The third kappa shape index (κ3) is 5.16. The fourth-order valence-electron chi connectivity index (χ4n) is 4.13. The summed E-state index contributed by atoms with van der Waals surface area (Å²) in [6, 6.07) is 23.2. The van der Waals surface area contributed by atoms with Crippen molar-refractivity contribution in [1.82, 2.24) is 20.1 Å². The number of nitrogens with one attached hydrogen (secondary N) is 2. The molecule has 0 bridgehead atoms. The van der Waals surface area contributed by atoms with Crippen LogP contribution in [-0.2, 0) is 19.5 Å². The number of nitrogens with zero attached hydrogens (tertiary/aromatic N) is 2. The van der Waals surface area contributed by atoms with Crippen molar-refractivity contribution in [2.75, 3.05) is 0 Å².